The molecule has 7 heteroatoms. The first kappa shape index (κ1) is 17.2. The molecule has 1 N–H and O–H groups in total. The lowest BCUT2D eigenvalue weighted by molar-refractivity contribution is -0.119. The summed E-state index contributed by atoms with van der Waals surface area (Å²) in [6.07, 6.45) is 0. The molecule has 0 spiro atoms. The quantitative estimate of drug-likeness (QED) is 0.597. The first-order valence-corrected chi connectivity index (χ1v) is 9.41. The summed E-state index contributed by atoms with van der Waals surface area (Å²) in [6, 6.07) is 18.3. The molecule has 0 radical (unpaired) electrons. The number of aliphatic imine (C=N–C) groups is 1. The van der Waals surface area contributed by atoms with E-state index in [1.165, 1.54) is 11.8 Å². The van der Waals surface area contributed by atoms with Gasteiger partial charge in [-0.15, -0.1) is 0 Å². The second-order valence-corrected chi connectivity index (χ2v) is 7.42. The number of benzene rings is 2. The van der Waals surface area contributed by atoms with Crippen molar-refractivity contribution in [2.24, 2.45) is 4.99 Å². The maximum absolute atomic E-state index is 12.3. The van der Waals surface area contributed by atoms with E-state index in [0.29, 0.717) is 32.3 Å². The monoisotopic (exact) mass is 402 g/mol. The number of thioether (sulfide) groups is 1. The van der Waals surface area contributed by atoms with Crippen LogP contribution in [0.15, 0.2) is 70.1 Å². The van der Waals surface area contributed by atoms with Crippen LogP contribution in [0.1, 0.15) is 11.0 Å². The summed E-state index contributed by atoms with van der Waals surface area (Å²) in [4.78, 5) is 16.8. The van der Waals surface area contributed by atoms with E-state index < -0.39 is 5.25 Å². The van der Waals surface area contributed by atoms with Crippen molar-refractivity contribution in [2.75, 3.05) is 0 Å². The smallest absolute Gasteiger partial charge is 0.247 e. The first-order chi connectivity index (χ1) is 12.6. The molecular formula is C19H12Cl2N2O2S. The number of hydrogen-bond acceptors (Lipinski definition) is 4. The molecule has 0 saturated carbocycles. The lowest BCUT2D eigenvalue weighted by Gasteiger charge is -2.04. The molecule has 3 aromatic rings. The maximum Gasteiger partial charge on any atom is 0.247 e. The third-order valence-corrected chi connectivity index (χ3v) is 5.70. The zero-order valence-corrected chi connectivity index (χ0v) is 15.6. The number of hydrogen-bond donors (Lipinski definition) is 1. The van der Waals surface area contributed by atoms with Crippen molar-refractivity contribution in [3.05, 3.63) is 76.5 Å². The topological polar surface area (TPSA) is 54.6 Å². The van der Waals surface area contributed by atoms with Gasteiger partial charge in [-0.05, 0) is 36.4 Å². The van der Waals surface area contributed by atoms with Crippen LogP contribution < -0.4 is 5.32 Å². The molecule has 2 heterocycles. The molecule has 1 saturated heterocycles. The Balaban J connectivity index is 1.59. The van der Waals surface area contributed by atoms with E-state index in [2.05, 4.69) is 10.3 Å². The van der Waals surface area contributed by atoms with Gasteiger partial charge in [-0.1, -0.05) is 59.2 Å². The fourth-order valence-electron chi connectivity index (χ4n) is 2.56. The molecule has 0 aliphatic carbocycles. The van der Waals surface area contributed by atoms with Crippen LogP contribution in [0.25, 0.3) is 11.3 Å². The highest BCUT2D eigenvalue weighted by Crippen LogP contribution is 2.40. The van der Waals surface area contributed by atoms with Gasteiger partial charge in [0.15, 0.2) is 5.17 Å². The van der Waals surface area contributed by atoms with Crippen molar-refractivity contribution in [2.45, 2.75) is 5.25 Å². The van der Waals surface area contributed by atoms with Crippen LogP contribution in [0.2, 0.25) is 10.0 Å². The second kappa shape index (κ2) is 7.19. The minimum Gasteiger partial charge on any atom is -0.459 e. The van der Waals surface area contributed by atoms with E-state index in [1.54, 1.807) is 24.3 Å². The summed E-state index contributed by atoms with van der Waals surface area (Å²) >= 11 is 13.6. The summed E-state index contributed by atoms with van der Waals surface area (Å²) in [6.45, 7) is 0. The van der Waals surface area contributed by atoms with E-state index in [9.17, 15) is 4.79 Å². The molecule has 0 unspecified atom stereocenters. The predicted octanol–water partition coefficient (Wildman–Crippen LogP) is 5.85. The summed E-state index contributed by atoms with van der Waals surface area (Å²) in [5, 5.41) is 3.71. The molecule has 0 bridgehead atoms. The van der Waals surface area contributed by atoms with Gasteiger partial charge in [0.25, 0.3) is 0 Å². The van der Waals surface area contributed by atoms with E-state index in [4.69, 9.17) is 27.6 Å². The van der Waals surface area contributed by atoms with Crippen molar-refractivity contribution < 1.29 is 9.21 Å². The van der Waals surface area contributed by atoms with Crippen molar-refractivity contribution in [1.82, 2.24) is 5.32 Å². The minimum atomic E-state index is -0.496. The Hall–Kier alpha value is -2.21. The number of halogens is 2. The number of rotatable bonds is 3. The molecule has 1 amide bonds. The Morgan fingerprint density at radius 3 is 2.62 bits per heavy atom. The highest BCUT2D eigenvalue weighted by atomic mass is 35.5. The zero-order chi connectivity index (χ0) is 18.1. The molecule has 130 valence electrons. The largest absolute Gasteiger partial charge is 0.459 e. The second-order valence-electron chi connectivity index (χ2n) is 5.54. The average Bonchev–Trinajstić information content (AvgIpc) is 3.25. The van der Waals surface area contributed by atoms with E-state index >= 15 is 0 Å². The van der Waals surface area contributed by atoms with Crippen LogP contribution in [0.4, 0.5) is 5.69 Å². The molecule has 4 nitrogen and oxygen atoms in total. The van der Waals surface area contributed by atoms with Gasteiger partial charge in [0.05, 0.1) is 15.7 Å². The van der Waals surface area contributed by atoms with Crippen molar-refractivity contribution in [3.63, 3.8) is 0 Å². The summed E-state index contributed by atoms with van der Waals surface area (Å²) in [7, 11) is 0. The molecule has 2 aromatic carbocycles. The Labute approximate surface area is 164 Å². The molecular weight excluding hydrogens is 391 g/mol. The Kier molecular flexibility index (Phi) is 4.76. The first-order valence-electron chi connectivity index (χ1n) is 7.77. The van der Waals surface area contributed by atoms with Crippen molar-refractivity contribution in [1.29, 1.82) is 0 Å². The van der Waals surface area contributed by atoms with Gasteiger partial charge in [-0.25, -0.2) is 4.99 Å². The Bertz CT molecular complexity index is 1000. The van der Waals surface area contributed by atoms with Crippen molar-refractivity contribution in [3.8, 4) is 11.3 Å². The Morgan fingerprint density at radius 1 is 1.00 bits per heavy atom. The third kappa shape index (κ3) is 3.38. The minimum absolute atomic E-state index is 0.164. The van der Waals surface area contributed by atoms with Gasteiger partial charge in [0, 0.05) is 5.56 Å². The predicted molar refractivity (Wildman–Crippen MR) is 106 cm³/mol. The standard InChI is InChI=1S/C19H12Cl2N2O2S/c20-13-8-4-7-12(16(13)21)14-9-10-15(25-14)17-18(24)23-19(26-17)22-11-5-2-1-3-6-11/h1-10,17H,(H,22,23,24)/t17-/m0/s1. The van der Waals surface area contributed by atoms with Crippen LogP contribution in [0, 0.1) is 0 Å². The average molecular weight is 403 g/mol. The number of amidine groups is 1. The SMILES string of the molecule is O=C1NC(=Nc2ccccc2)S[C@H]1c1ccc(-c2cccc(Cl)c2Cl)o1. The number of carbonyl (C=O) groups is 1. The third-order valence-electron chi connectivity index (χ3n) is 3.79. The number of furan rings is 1. The maximum atomic E-state index is 12.3. The van der Waals surface area contributed by atoms with E-state index in [-0.39, 0.29) is 5.91 Å². The number of amides is 1. The fraction of sp³-hybridized carbons (Fsp3) is 0.0526. The number of para-hydroxylation sites is 1. The molecule has 1 atom stereocenters. The number of nitrogens with one attached hydrogen (secondary N) is 1. The van der Waals surface area contributed by atoms with Gasteiger partial charge < -0.3 is 9.73 Å². The van der Waals surface area contributed by atoms with Gasteiger partial charge in [0.1, 0.15) is 16.8 Å². The summed E-state index contributed by atoms with van der Waals surface area (Å²) < 4.78 is 5.88. The Morgan fingerprint density at radius 2 is 1.81 bits per heavy atom. The number of carbonyl (C=O) groups excluding carboxylic acids is 1. The van der Waals surface area contributed by atoms with E-state index in [1.807, 2.05) is 36.4 Å². The van der Waals surface area contributed by atoms with E-state index in [0.717, 1.165) is 5.69 Å². The van der Waals surface area contributed by atoms with Crippen LogP contribution >= 0.6 is 35.0 Å². The lowest BCUT2D eigenvalue weighted by Crippen LogP contribution is -2.21. The molecule has 1 fully saturated rings. The molecule has 1 aliphatic heterocycles. The van der Waals surface area contributed by atoms with Crippen LogP contribution in [-0.4, -0.2) is 11.1 Å². The zero-order valence-electron chi connectivity index (χ0n) is 13.3. The lowest BCUT2D eigenvalue weighted by atomic mass is 10.2. The van der Waals surface area contributed by atoms with Gasteiger partial charge in [-0.2, -0.15) is 0 Å². The molecule has 4 rings (SSSR count). The van der Waals surface area contributed by atoms with Gasteiger partial charge >= 0.3 is 0 Å². The highest BCUT2D eigenvalue weighted by Gasteiger charge is 2.34. The van der Waals surface area contributed by atoms with Gasteiger partial charge in [-0.3, -0.25) is 4.79 Å². The number of nitrogens with zero attached hydrogens (tertiary/aromatic N) is 1. The highest BCUT2D eigenvalue weighted by molar-refractivity contribution is 8.15. The summed E-state index contributed by atoms with van der Waals surface area (Å²) in [5.41, 5.74) is 1.47. The van der Waals surface area contributed by atoms with Crippen molar-refractivity contribution >= 4 is 51.7 Å². The van der Waals surface area contributed by atoms with Crippen LogP contribution in [-0.2, 0) is 4.79 Å². The summed E-state index contributed by atoms with van der Waals surface area (Å²) in [5.74, 6) is 0.939. The van der Waals surface area contributed by atoms with Crippen LogP contribution in [0.5, 0.6) is 0 Å². The molecule has 1 aliphatic rings. The molecule has 26 heavy (non-hydrogen) atoms. The molecule has 1 aromatic heterocycles. The fourth-order valence-corrected chi connectivity index (χ4v) is 3.90. The van der Waals surface area contributed by atoms with Gasteiger partial charge in [0.2, 0.25) is 5.91 Å². The van der Waals surface area contributed by atoms with Crippen LogP contribution in [0.3, 0.4) is 0 Å². The normalized spacial score (nSPS) is 18.3.